The van der Waals surface area contributed by atoms with Gasteiger partial charge in [0.15, 0.2) is 0 Å². The second-order valence-electron chi connectivity index (χ2n) is 7.83. The first-order valence-electron chi connectivity index (χ1n) is 10.3. The Hall–Kier alpha value is -2.86. The molecule has 0 aromatic heterocycles. The summed E-state index contributed by atoms with van der Waals surface area (Å²) < 4.78 is 0. The second kappa shape index (κ2) is 9.96. The van der Waals surface area contributed by atoms with Crippen LogP contribution in [0.25, 0.3) is 0 Å². The minimum Gasteiger partial charge on any atom is -0.331 e. The third-order valence-corrected chi connectivity index (χ3v) is 6.59. The van der Waals surface area contributed by atoms with E-state index in [9.17, 15) is 9.59 Å². The lowest BCUT2D eigenvalue weighted by molar-refractivity contribution is -0.130. The molecule has 0 bridgehead atoms. The van der Waals surface area contributed by atoms with Crippen molar-refractivity contribution < 1.29 is 9.59 Å². The number of amides is 2. The van der Waals surface area contributed by atoms with Crippen molar-refractivity contribution in [3.63, 3.8) is 0 Å². The van der Waals surface area contributed by atoms with Crippen LogP contribution >= 0.6 is 11.8 Å². The summed E-state index contributed by atoms with van der Waals surface area (Å²) in [5, 5.41) is 18.2. The molecule has 7 nitrogen and oxygen atoms in total. The zero-order valence-corrected chi connectivity index (χ0v) is 17.9. The summed E-state index contributed by atoms with van der Waals surface area (Å²) in [4.78, 5) is 27.3. The summed E-state index contributed by atoms with van der Waals surface area (Å²) in [5.74, 6) is -0.0133. The number of hydrogen-bond acceptors (Lipinski definition) is 6. The minimum absolute atomic E-state index is 0.0427. The number of benzene rings is 2. The summed E-state index contributed by atoms with van der Waals surface area (Å²) in [5.41, 5.74) is 2.06. The van der Waals surface area contributed by atoms with Crippen molar-refractivity contribution in [2.45, 2.75) is 24.5 Å². The molecule has 2 aromatic rings. The van der Waals surface area contributed by atoms with Gasteiger partial charge in [-0.1, -0.05) is 36.4 Å². The zero-order chi connectivity index (χ0) is 21.6. The molecule has 160 valence electrons. The van der Waals surface area contributed by atoms with E-state index < -0.39 is 0 Å². The number of fused-ring (bicyclic) bond motifs is 1. The average Bonchev–Trinajstić information content (AvgIpc) is 2.79. The highest BCUT2D eigenvalue weighted by Gasteiger charge is 2.39. The predicted octanol–water partition coefficient (Wildman–Crippen LogP) is 2.12. The molecule has 2 amide bonds. The van der Waals surface area contributed by atoms with E-state index in [2.05, 4.69) is 39.1 Å². The maximum Gasteiger partial charge on any atom is 0.234 e. The minimum atomic E-state index is -0.286. The molecule has 2 aliphatic heterocycles. The van der Waals surface area contributed by atoms with Crippen molar-refractivity contribution >= 4 is 29.3 Å². The lowest BCUT2D eigenvalue weighted by Gasteiger charge is -2.43. The van der Waals surface area contributed by atoms with Crippen LogP contribution in [-0.4, -0.2) is 47.1 Å². The fourth-order valence-electron chi connectivity index (χ4n) is 4.05. The number of nitrogens with zero attached hydrogens (tertiary/aromatic N) is 2. The van der Waals surface area contributed by atoms with Crippen molar-refractivity contribution in [3.8, 4) is 6.07 Å². The Morgan fingerprint density at radius 3 is 2.87 bits per heavy atom. The number of thioether (sulfide) groups is 1. The Labute approximate surface area is 186 Å². The maximum atomic E-state index is 12.7. The molecule has 2 heterocycles. The second-order valence-corrected chi connectivity index (χ2v) is 8.92. The van der Waals surface area contributed by atoms with Crippen molar-refractivity contribution in [2.75, 3.05) is 24.2 Å². The SMILES string of the molecule is N#Cc1cccc(NC(=O)CSC2NC(=O)C3CN(Cc4ccccc4)CCC3N2)c1. The van der Waals surface area contributed by atoms with Gasteiger partial charge in [-0.2, -0.15) is 5.26 Å². The zero-order valence-electron chi connectivity index (χ0n) is 17.1. The van der Waals surface area contributed by atoms with Gasteiger partial charge in [-0.25, -0.2) is 0 Å². The first-order chi connectivity index (χ1) is 15.1. The van der Waals surface area contributed by atoms with Crippen molar-refractivity contribution in [3.05, 3.63) is 65.7 Å². The lowest BCUT2D eigenvalue weighted by atomic mass is 9.89. The Bertz CT molecular complexity index is 977. The largest absolute Gasteiger partial charge is 0.331 e. The third-order valence-electron chi connectivity index (χ3n) is 5.58. The first-order valence-corrected chi connectivity index (χ1v) is 11.4. The van der Waals surface area contributed by atoms with Crippen LogP contribution in [0.5, 0.6) is 0 Å². The normalized spacial score (nSPS) is 23.3. The molecule has 0 saturated carbocycles. The molecule has 0 spiro atoms. The Balaban J connectivity index is 1.25. The summed E-state index contributed by atoms with van der Waals surface area (Å²) in [6, 6.07) is 19.3. The van der Waals surface area contributed by atoms with Gasteiger partial charge >= 0.3 is 0 Å². The highest BCUT2D eigenvalue weighted by atomic mass is 32.2. The molecule has 3 N–H and O–H groups in total. The highest BCUT2D eigenvalue weighted by Crippen LogP contribution is 2.25. The Morgan fingerprint density at radius 1 is 1.23 bits per heavy atom. The van der Waals surface area contributed by atoms with Crippen LogP contribution in [0.3, 0.4) is 0 Å². The summed E-state index contributed by atoms with van der Waals surface area (Å²) in [6.45, 7) is 2.51. The molecule has 3 atom stereocenters. The fraction of sp³-hybridized carbons (Fsp3) is 0.348. The van der Waals surface area contributed by atoms with Crippen LogP contribution in [0.4, 0.5) is 5.69 Å². The van der Waals surface area contributed by atoms with Gasteiger partial charge in [-0.3, -0.25) is 19.8 Å². The van der Waals surface area contributed by atoms with Gasteiger partial charge in [-0.15, -0.1) is 11.8 Å². The molecule has 2 saturated heterocycles. The van der Waals surface area contributed by atoms with E-state index >= 15 is 0 Å². The van der Waals surface area contributed by atoms with Gasteiger partial charge in [0.1, 0.15) is 5.50 Å². The number of nitrogens with one attached hydrogen (secondary N) is 3. The van der Waals surface area contributed by atoms with Crippen molar-refractivity contribution in [1.29, 1.82) is 5.26 Å². The van der Waals surface area contributed by atoms with E-state index in [1.165, 1.54) is 17.3 Å². The maximum absolute atomic E-state index is 12.7. The number of piperidine rings is 1. The topological polar surface area (TPSA) is 97.3 Å². The van der Waals surface area contributed by atoms with Gasteiger partial charge in [0.2, 0.25) is 11.8 Å². The van der Waals surface area contributed by atoms with Gasteiger partial charge in [0, 0.05) is 31.4 Å². The van der Waals surface area contributed by atoms with Gasteiger partial charge in [-0.05, 0) is 30.2 Å². The molecule has 2 fully saturated rings. The average molecular weight is 436 g/mol. The number of rotatable bonds is 6. The Morgan fingerprint density at radius 2 is 2.06 bits per heavy atom. The van der Waals surface area contributed by atoms with Gasteiger partial charge in [0.25, 0.3) is 0 Å². The molecule has 31 heavy (non-hydrogen) atoms. The number of likely N-dealkylation sites (tertiary alicyclic amines) is 1. The van der Waals surface area contributed by atoms with Crippen LogP contribution in [-0.2, 0) is 16.1 Å². The van der Waals surface area contributed by atoms with E-state index in [1.54, 1.807) is 24.3 Å². The molecule has 3 unspecified atom stereocenters. The Kier molecular flexibility index (Phi) is 6.87. The molecule has 2 aliphatic rings. The highest BCUT2D eigenvalue weighted by molar-refractivity contribution is 8.00. The van der Waals surface area contributed by atoms with Crippen molar-refractivity contribution in [2.24, 2.45) is 5.92 Å². The predicted molar refractivity (Wildman–Crippen MR) is 121 cm³/mol. The molecular formula is C23H25N5O2S. The monoisotopic (exact) mass is 435 g/mol. The molecule has 4 rings (SSSR count). The standard InChI is InChI=1S/C23H25N5O2S/c24-12-17-7-4-8-18(11-17)25-21(29)15-31-23-26-20-9-10-28(14-19(20)22(30)27-23)13-16-5-2-1-3-6-16/h1-8,11,19-20,23,26H,9-10,13-15H2,(H,25,29)(H,27,30). The van der Waals surface area contributed by atoms with E-state index in [1.807, 2.05) is 18.2 Å². The quantitative estimate of drug-likeness (QED) is 0.643. The van der Waals surface area contributed by atoms with E-state index in [0.29, 0.717) is 11.3 Å². The number of anilines is 1. The summed E-state index contributed by atoms with van der Waals surface area (Å²) in [6.07, 6.45) is 0.898. The van der Waals surface area contributed by atoms with Gasteiger partial charge < -0.3 is 10.6 Å². The van der Waals surface area contributed by atoms with Crippen LogP contribution in [0.1, 0.15) is 17.5 Å². The lowest BCUT2D eigenvalue weighted by Crippen LogP contribution is -2.64. The van der Waals surface area contributed by atoms with Crippen LogP contribution in [0.15, 0.2) is 54.6 Å². The van der Waals surface area contributed by atoms with Crippen LogP contribution in [0.2, 0.25) is 0 Å². The molecule has 2 aromatic carbocycles. The number of hydrogen-bond donors (Lipinski definition) is 3. The van der Waals surface area contributed by atoms with E-state index in [-0.39, 0.29) is 35.0 Å². The van der Waals surface area contributed by atoms with Crippen molar-refractivity contribution in [1.82, 2.24) is 15.5 Å². The molecule has 0 aliphatic carbocycles. The fourth-order valence-corrected chi connectivity index (χ4v) is 4.92. The van der Waals surface area contributed by atoms with Gasteiger partial charge in [0.05, 0.1) is 23.3 Å². The third kappa shape index (κ3) is 5.64. The van der Waals surface area contributed by atoms with E-state index in [4.69, 9.17) is 5.26 Å². The molecular weight excluding hydrogens is 410 g/mol. The number of carbonyl (C=O) groups is 2. The summed E-state index contributed by atoms with van der Waals surface area (Å²) >= 11 is 1.36. The van der Waals surface area contributed by atoms with Crippen LogP contribution in [0, 0.1) is 17.2 Å². The molecule has 8 heteroatoms. The molecule has 0 radical (unpaired) electrons. The van der Waals surface area contributed by atoms with E-state index in [0.717, 1.165) is 26.1 Å². The first kappa shape index (κ1) is 21.4. The van der Waals surface area contributed by atoms with Crippen LogP contribution < -0.4 is 16.0 Å². The number of nitriles is 1. The number of carbonyl (C=O) groups excluding carboxylic acids is 2. The smallest absolute Gasteiger partial charge is 0.234 e. The summed E-state index contributed by atoms with van der Waals surface area (Å²) in [7, 11) is 0.